The van der Waals surface area contributed by atoms with E-state index in [0.717, 1.165) is 11.4 Å². The van der Waals surface area contributed by atoms with Crippen LogP contribution in [0, 0.1) is 5.92 Å². The monoisotopic (exact) mass is 313 g/mol. The minimum absolute atomic E-state index is 0.00490. The molecule has 0 aliphatic carbocycles. The highest BCUT2D eigenvalue weighted by atomic mass is 32.2. The summed E-state index contributed by atoms with van der Waals surface area (Å²) in [6, 6.07) is 1.90. The number of rotatable bonds is 7. The molecule has 0 saturated carbocycles. The molecule has 1 fully saturated rings. The van der Waals surface area contributed by atoms with Crippen LogP contribution in [0.4, 0.5) is 0 Å². The number of carbonyl (C=O) groups excluding carboxylic acids is 1. The average molecular weight is 313 g/mol. The Hall–Kier alpha value is -1.05. The lowest BCUT2D eigenvalue weighted by Gasteiger charge is -2.22. The summed E-state index contributed by atoms with van der Waals surface area (Å²) in [5, 5.41) is 16.3. The van der Waals surface area contributed by atoms with Crippen molar-refractivity contribution in [3.63, 3.8) is 0 Å². The second-order valence-electron chi connectivity index (χ2n) is 5.24. The SMILES string of the molecule is CSCC(CCO)NC(=O)[C@@H]1CCO[C@H]1c1ccnn1C. The van der Waals surface area contributed by atoms with E-state index < -0.39 is 0 Å². The standard InChI is InChI=1S/C14H23N3O3S/c1-17-12(3-6-15-17)13-11(5-8-20-13)14(19)16-10(4-7-18)9-21-2/h3,6,10-11,13,18H,4-5,7-9H2,1-2H3,(H,16,19)/t10?,11-,13-/m1/s1. The van der Waals surface area contributed by atoms with Crippen molar-refractivity contribution >= 4 is 17.7 Å². The molecule has 6 nitrogen and oxygen atoms in total. The minimum atomic E-state index is -0.235. The number of aliphatic hydroxyl groups excluding tert-OH is 1. The summed E-state index contributed by atoms with van der Waals surface area (Å²) < 4.78 is 7.49. The maximum absolute atomic E-state index is 12.5. The smallest absolute Gasteiger partial charge is 0.226 e. The number of carbonyl (C=O) groups is 1. The Labute approximate surface area is 129 Å². The molecular weight excluding hydrogens is 290 g/mol. The fraction of sp³-hybridized carbons (Fsp3) is 0.714. The molecule has 1 unspecified atom stereocenters. The predicted octanol–water partition coefficient (Wildman–Crippen LogP) is 0.728. The zero-order valence-electron chi connectivity index (χ0n) is 12.5. The molecule has 2 heterocycles. The number of ether oxygens (including phenoxy) is 1. The maximum Gasteiger partial charge on any atom is 0.226 e. The van der Waals surface area contributed by atoms with E-state index in [1.54, 1.807) is 22.6 Å². The number of hydrogen-bond acceptors (Lipinski definition) is 5. The normalized spacial score (nSPS) is 23.2. The van der Waals surface area contributed by atoms with Gasteiger partial charge in [0.1, 0.15) is 6.10 Å². The Kier molecular flexibility index (Phi) is 6.08. The lowest BCUT2D eigenvalue weighted by atomic mass is 9.97. The van der Waals surface area contributed by atoms with E-state index in [-0.39, 0.29) is 30.6 Å². The molecule has 1 aromatic heterocycles. The number of thioether (sulfide) groups is 1. The molecule has 21 heavy (non-hydrogen) atoms. The molecule has 0 aromatic carbocycles. The van der Waals surface area contributed by atoms with Gasteiger partial charge in [-0.05, 0) is 25.2 Å². The highest BCUT2D eigenvalue weighted by Crippen LogP contribution is 2.34. The second-order valence-corrected chi connectivity index (χ2v) is 6.15. The third-order valence-corrected chi connectivity index (χ3v) is 4.51. The van der Waals surface area contributed by atoms with Gasteiger partial charge < -0.3 is 15.2 Å². The van der Waals surface area contributed by atoms with Crippen molar-refractivity contribution in [2.75, 3.05) is 25.2 Å². The minimum Gasteiger partial charge on any atom is -0.396 e. The van der Waals surface area contributed by atoms with Gasteiger partial charge in [-0.3, -0.25) is 9.48 Å². The molecule has 0 spiro atoms. The van der Waals surface area contributed by atoms with Crippen LogP contribution in [0.3, 0.4) is 0 Å². The average Bonchev–Trinajstić information content (AvgIpc) is 3.07. The van der Waals surface area contributed by atoms with E-state index in [9.17, 15) is 4.79 Å². The fourth-order valence-corrected chi connectivity index (χ4v) is 3.33. The molecule has 1 aliphatic heterocycles. The molecule has 118 valence electrons. The van der Waals surface area contributed by atoms with Crippen LogP contribution in [0.1, 0.15) is 24.6 Å². The molecule has 7 heteroatoms. The predicted molar refractivity (Wildman–Crippen MR) is 82.0 cm³/mol. The number of aryl methyl sites for hydroxylation is 1. The van der Waals surface area contributed by atoms with E-state index in [4.69, 9.17) is 9.84 Å². The first-order valence-electron chi connectivity index (χ1n) is 7.17. The first kappa shape index (κ1) is 16.3. The Morgan fingerprint density at radius 1 is 1.71 bits per heavy atom. The van der Waals surface area contributed by atoms with E-state index in [2.05, 4.69) is 10.4 Å². The Morgan fingerprint density at radius 3 is 3.14 bits per heavy atom. The fourth-order valence-electron chi connectivity index (χ4n) is 2.68. The molecule has 0 radical (unpaired) electrons. The summed E-state index contributed by atoms with van der Waals surface area (Å²) in [4.78, 5) is 12.5. The van der Waals surface area contributed by atoms with Crippen LogP contribution in [0.5, 0.6) is 0 Å². The molecule has 3 atom stereocenters. The van der Waals surface area contributed by atoms with Crippen molar-refractivity contribution in [1.29, 1.82) is 0 Å². The summed E-state index contributed by atoms with van der Waals surface area (Å²) in [7, 11) is 1.86. The molecule has 1 aromatic rings. The van der Waals surface area contributed by atoms with Crippen molar-refractivity contribution < 1.29 is 14.6 Å². The van der Waals surface area contributed by atoms with Gasteiger partial charge in [0.2, 0.25) is 5.91 Å². The van der Waals surface area contributed by atoms with E-state index in [1.807, 2.05) is 19.4 Å². The van der Waals surface area contributed by atoms with Crippen molar-refractivity contribution in [1.82, 2.24) is 15.1 Å². The van der Waals surface area contributed by atoms with Gasteiger partial charge in [0, 0.05) is 38.3 Å². The van der Waals surface area contributed by atoms with Crippen LogP contribution in [-0.4, -0.2) is 52.1 Å². The van der Waals surface area contributed by atoms with Gasteiger partial charge in [-0.2, -0.15) is 16.9 Å². The molecular formula is C14H23N3O3S. The summed E-state index contributed by atoms with van der Waals surface area (Å²) in [5.74, 6) is 0.616. The van der Waals surface area contributed by atoms with Crippen LogP contribution in [-0.2, 0) is 16.6 Å². The summed E-state index contributed by atoms with van der Waals surface area (Å²) in [5.41, 5.74) is 0.927. The lowest BCUT2D eigenvalue weighted by Crippen LogP contribution is -2.41. The van der Waals surface area contributed by atoms with Crippen molar-refractivity contribution in [2.45, 2.75) is 25.0 Å². The number of nitrogens with zero attached hydrogens (tertiary/aromatic N) is 2. The van der Waals surface area contributed by atoms with Gasteiger partial charge in [-0.1, -0.05) is 0 Å². The van der Waals surface area contributed by atoms with Crippen molar-refractivity contribution in [3.8, 4) is 0 Å². The maximum atomic E-state index is 12.5. The van der Waals surface area contributed by atoms with E-state index in [1.165, 1.54) is 0 Å². The summed E-state index contributed by atoms with van der Waals surface area (Å²) >= 11 is 1.66. The summed E-state index contributed by atoms with van der Waals surface area (Å²) in [6.45, 7) is 0.666. The molecule has 1 amide bonds. The van der Waals surface area contributed by atoms with E-state index >= 15 is 0 Å². The topological polar surface area (TPSA) is 76.4 Å². The number of aliphatic hydroxyl groups is 1. The number of hydrogen-bond donors (Lipinski definition) is 2. The number of aromatic nitrogens is 2. The second kappa shape index (κ2) is 7.82. The first-order chi connectivity index (χ1) is 10.2. The lowest BCUT2D eigenvalue weighted by molar-refractivity contribution is -0.127. The van der Waals surface area contributed by atoms with Crippen LogP contribution in [0.15, 0.2) is 12.3 Å². The van der Waals surface area contributed by atoms with Gasteiger partial charge in [0.15, 0.2) is 0 Å². The molecule has 1 aliphatic rings. The third kappa shape index (κ3) is 3.99. The molecule has 1 saturated heterocycles. The zero-order chi connectivity index (χ0) is 15.2. The van der Waals surface area contributed by atoms with Crippen molar-refractivity contribution in [3.05, 3.63) is 18.0 Å². The molecule has 2 N–H and O–H groups in total. The first-order valence-corrected chi connectivity index (χ1v) is 8.56. The van der Waals surface area contributed by atoms with Crippen LogP contribution in [0.25, 0.3) is 0 Å². The van der Waals surface area contributed by atoms with E-state index in [0.29, 0.717) is 19.4 Å². The van der Waals surface area contributed by atoms with Gasteiger partial charge in [0.05, 0.1) is 11.6 Å². The van der Waals surface area contributed by atoms with Gasteiger partial charge >= 0.3 is 0 Å². The van der Waals surface area contributed by atoms with Crippen molar-refractivity contribution in [2.24, 2.45) is 13.0 Å². The highest BCUT2D eigenvalue weighted by molar-refractivity contribution is 7.98. The Balaban J connectivity index is 2.02. The summed E-state index contributed by atoms with van der Waals surface area (Å²) in [6.07, 6.45) is 4.77. The number of nitrogens with one attached hydrogen (secondary N) is 1. The van der Waals surface area contributed by atoms with Crippen LogP contribution in [0.2, 0.25) is 0 Å². The molecule has 0 bridgehead atoms. The Morgan fingerprint density at radius 2 is 2.52 bits per heavy atom. The van der Waals surface area contributed by atoms with Crippen LogP contribution < -0.4 is 5.32 Å². The third-order valence-electron chi connectivity index (χ3n) is 3.77. The van der Waals surface area contributed by atoms with Gasteiger partial charge in [0.25, 0.3) is 0 Å². The largest absolute Gasteiger partial charge is 0.396 e. The Bertz CT molecular complexity index is 460. The van der Waals surface area contributed by atoms with Gasteiger partial charge in [-0.25, -0.2) is 0 Å². The van der Waals surface area contributed by atoms with Gasteiger partial charge in [-0.15, -0.1) is 0 Å². The molecule has 2 rings (SSSR count). The quantitative estimate of drug-likeness (QED) is 0.776. The zero-order valence-corrected chi connectivity index (χ0v) is 13.3. The number of amides is 1. The highest BCUT2D eigenvalue weighted by Gasteiger charge is 2.37. The van der Waals surface area contributed by atoms with Crippen LogP contribution >= 0.6 is 11.8 Å².